The van der Waals surface area contributed by atoms with Gasteiger partial charge < -0.3 is 11.5 Å². The van der Waals surface area contributed by atoms with Crippen molar-refractivity contribution in [3.05, 3.63) is 84.1 Å². The molecule has 22 heavy (non-hydrogen) atoms. The Bertz CT molecular complexity index is 846. The number of amidine groups is 1. The monoisotopic (exact) mass is 287 g/mol. The van der Waals surface area contributed by atoms with Gasteiger partial charge in [0.2, 0.25) is 0 Å². The summed E-state index contributed by atoms with van der Waals surface area (Å²) in [6.07, 6.45) is 3.60. The van der Waals surface area contributed by atoms with Gasteiger partial charge in [-0.15, -0.1) is 0 Å². The minimum atomic E-state index is 0.498. The van der Waals surface area contributed by atoms with Gasteiger partial charge in [-0.1, -0.05) is 48.5 Å². The zero-order valence-corrected chi connectivity index (χ0v) is 12.1. The topological polar surface area (TPSA) is 64.4 Å². The molecule has 0 unspecified atom stereocenters. The zero-order valence-electron chi connectivity index (χ0n) is 12.1. The highest BCUT2D eigenvalue weighted by atomic mass is 14.8. The van der Waals surface area contributed by atoms with E-state index in [-0.39, 0.29) is 0 Å². The lowest BCUT2D eigenvalue weighted by molar-refractivity contribution is 1.48. The van der Waals surface area contributed by atoms with Crippen molar-refractivity contribution in [3.63, 3.8) is 0 Å². The Morgan fingerprint density at radius 1 is 0.864 bits per heavy atom. The Balaban J connectivity index is 1.82. The Morgan fingerprint density at radius 3 is 2.36 bits per heavy atom. The van der Waals surface area contributed by atoms with Gasteiger partial charge in [0.25, 0.3) is 0 Å². The first-order valence-corrected chi connectivity index (χ1v) is 7.07. The van der Waals surface area contributed by atoms with Gasteiger partial charge in [0, 0.05) is 17.5 Å². The lowest BCUT2D eigenvalue weighted by atomic mass is 10.1. The van der Waals surface area contributed by atoms with Crippen molar-refractivity contribution in [2.24, 2.45) is 10.7 Å². The van der Waals surface area contributed by atoms with E-state index < -0.39 is 0 Å². The minimum Gasteiger partial charge on any atom is -0.399 e. The van der Waals surface area contributed by atoms with Crippen LogP contribution in [-0.4, -0.2) is 5.84 Å². The largest absolute Gasteiger partial charge is 0.399 e. The third-order valence-corrected chi connectivity index (χ3v) is 3.46. The Kier molecular flexibility index (Phi) is 3.88. The molecule has 0 aromatic heterocycles. The molecule has 0 fully saturated rings. The van der Waals surface area contributed by atoms with Crippen molar-refractivity contribution in [2.75, 3.05) is 5.73 Å². The number of rotatable bonds is 3. The van der Waals surface area contributed by atoms with Gasteiger partial charge in [-0.25, -0.2) is 4.99 Å². The molecular weight excluding hydrogens is 270 g/mol. The van der Waals surface area contributed by atoms with E-state index in [4.69, 9.17) is 11.5 Å². The first-order valence-electron chi connectivity index (χ1n) is 7.07. The van der Waals surface area contributed by atoms with Gasteiger partial charge in [-0.3, -0.25) is 0 Å². The summed E-state index contributed by atoms with van der Waals surface area (Å²) in [5.74, 6) is 0.498. The Morgan fingerprint density at radius 2 is 1.59 bits per heavy atom. The molecule has 3 aromatic rings. The molecule has 0 aliphatic heterocycles. The molecule has 0 radical (unpaired) electrons. The molecular formula is C19H17N3. The number of nitrogens with zero attached hydrogens (tertiary/aromatic N) is 1. The van der Waals surface area contributed by atoms with E-state index in [1.54, 1.807) is 6.20 Å². The summed E-state index contributed by atoms with van der Waals surface area (Å²) in [5, 5.41) is 2.34. The molecule has 0 saturated heterocycles. The van der Waals surface area contributed by atoms with E-state index in [1.165, 1.54) is 5.39 Å². The van der Waals surface area contributed by atoms with Gasteiger partial charge in [0.1, 0.15) is 5.84 Å². The van der Waals surface area contributed by atoms with Crippen molar-refractivity contribution < 1.29 is 0 Å². The van der Waals surface area contributed by atoms with Crippen molar-refractivity contribution in [1.82, 2.24) is 0 Å². The molecule has 4 N–H and O–H groups in total. The second-order valence-electron chi connectivity index (χ2n) is 5.06. The van der Waals surface area contributed by atoms with Crippen LogP contribution < -0.4 is 11.5 Å². The van der Waals surface area contributed by atoms with Crippen LogP contribution in [0.4, 0.5) is 5.69 Å². The number of nitrogens with two attached hydrogens (primary N) is 2. The highest BCUT2D eigenvalue weighted by molar-refractivity contribution is 6.01. The number of aliphatic imine (C=N–C) groups is 1. The summed E-state index contributed by atoms with van der Waals surface area (Å²) >= 11 is 0. The van der Waals surface area contributed by atoms with E-state index in [9.17, 15) is 0 Å². The van der Waals surface area contributed by atoms with E-state index in [0.717, 1.165) is 22.2 Å². The van der Waals surface area contributed by atoms with Gasteiger partial charge in [-0.05, 0) is 40.6 Å². The molecule has 3 rings (SSSR count). The summed E-state index contributed by atoms with van der Waals surface area (Å²) in [6, 6.07) is 21.9. The third kappa shape index (κ3) is 3.15. The molecule has 108 valence electrons. The maximum atomic E-state index is 6.05. The predicted octanol–water partition coefficient (Wildman–Crippen LogP) is 3.80. The van der Waals surface area contributed by atoms with Crippen molar-refractivity contribution in [1.29, 1.82) is 0 Å². The van der Waals surface area contributed by atoms with Crippen LogP contribution in [0.2, 0.25) is 0 Å². The molecule has 0 spiro atoms. The summed E-state index contributed by atoms with van der Waals surface area (Å²) in [7, 11) is 0. The standard InChI is InChI=1S/C19H17N3/c20-18-9-5-14(6-10-18)11-12-22-19(21)17-8-7-15-3-1-2-4-16(15)13-17/h1-13H,20H2,(H2,21,22). The Hall–Kier alpha value is -3.07. The van der Waals surface area contributed by atoms with Crippen molar-refractivity contribution >= 4 is 28.4 Å². The maximum Gasteiger partial charge on any atom is 0.130 e. The number of hydrogen-bond acceptors (Lipinski definition) is 2. The maximum absolute atomic E-state index is 6.05. The van der Waals surface area contributed by atoms with Crippen molar-refractivity contribution in [2.45, 2.75) is 0 Å². The van der Waals surface area contributed by atoms with E-state index in [1.807, 2.05) is 54.6 Å². The van der Waals surface area contributed by atoms with E-state index in [0.29, 0.717) is 5.84 Å². The molecule has 0 aliphatic rings. The van der Waals surface area contributed by atoms with Crippen LogP contribution in [0.15, 0.2) is 77.9 Å². The predicted molar refractivity (Wildman–Crippen MR) is 94.6 cm³/mol. The lowest BCUT2D eigenvalue weighted by Gasteiger charge is -2.02. The number of anilines is 1. The van der Waals surface area contributed by atoms with Crippen LogP contribution in [0.5, 0.6) is 0 Å². The molecule has 0 amide bonds. The van der Waals surface area contributed by atoms with Crippen LogP contribution >= 0.6 is 0 Å². The second-order valence-corrected chi connectivity index (χ2v) is 5.06. The SMILES string of the molecule is NC(=NC=Cc1ccc(N)cc1)c1ccc2ccccc2c1. The quantitative estimate of drug-likeness (QED) is 0.437. The van der Waals surface area contributed by atoms with Gasteiger partial charge in [0.05, 0.1) is 0 Å². The van der Waals surface area contributed by atoms with Gasteiger partial charge >= 0.3 is 0 Å². The third-order valence-electron chi connectivity index (χ3n) is 3.46. The summed E-state index contributed by atoms with van der Waals surface area (Å²) in [6.45, 7) is 0. The van der Waals surface area contributed by atoms with Gasteiger partial charge in [-0.2, -0.15) is 0 Å². The average Bonchev–Trinajstić information content (AvgIpc) is 2.56. The highest BCUT2D eigenvalue weighted by Crippen LogP contribution is 2.15. The average molecular weight is 287 g/mol. The fourth-order valence-corrected chi connectivity index (χ4v) is 2.23. The van der Waals surface area contributed by atoms with Crippen LogP contribution in [0.25, 0.3) is 16.8 Å². The normalized spacial score (nSPS) is 12.1. The second kappa shape index (κ2) is 6.14. The molecule has 0 atom stereocenters. The van der Waals surface area contributed by atoms with Crippen LogP contribution in [0.3, 0.4) is 0 Å². The minimum absolute atomic E-state index is 0.498. The van der Waals surface area contributed by atoms with Crippen LogP contribution in [0, 0.1) is 0 Å². The fraction of sp³-hybridized carbons (Fsp3) is 0. The van der Waals surface area contributed by atoms with E-state index in [2.05, 4.69) is 23.2 Å². The van der Waals surface area contributed by atoms with Crippen molar-refractivity contribution in [3.8, 4) is 0 Å². The molecule has 3 heteroatoms. The molecule has 3 aromatic carbocycles. The van der Waals surface area contributed by atoms with Crippen LogP contribution in [-0.2, 0) is 0 Å². The molecule has 0 heterocycles. The lowest BCUT2D eigenvalue weighted by Crippen LogP contribution is -2.12. The summed E-state index contributed by atoms with van der Waals surface area (Å²) < 4.78 is 0. The van der Waals surface area contributed by atoms with E-state index >= 15 is 0 Å². The highest BCUT2D eigenvalue weighted by Gasteiger charge is 1.99. The van der Waals surface area contributed by atoms with Gasteiger partial charge in [0.15, 0.2) is 0 Å². The Labute approximate surface area is 129 Å². The molecule has 0 bridgehead atoms. The molecule has 0 saturated carbocycles. The number of fused-ring (bicyclic) bond motifs is 1. The smallest absolute Gasteiger partial charge is 0.130 e. The van der Waals surface area contributed by atoms with Crippen LogP contribution in [0.1, 0.15) is 11.1 Å². The summed E-state index contributed by atoms with van der Waals surface area (Å²) in [4.78, 5) is 4.30. The molecule has 0 aliphatic carbocycles. The fourth-order valence-electron chi connectivity index (χ4n) is 2.23. The number of benzene rings is 3. The first kappa shape index (κ1) is 13.9. The summed E-state index contributed by atoms with van der Waals surface area (Å²) in [5.41, 5.74) is 14.4. The number of hydrogen-bond donors (Lipinski definition) is 2. The first-order chi connectivity index (χ1) is 10.7. The molecule has 3 nitrogen and oxygen atoms in total. The zero-order chi connectivity index (χ0) is 15.4. The number of nitrogen functional groups attached to an aromatic ring is 1.